The van der Waals surface area contributed by atoms with Gasteiger partial charge >= 0.3 is 0 Å². The molecule has 0 bridgehead atoms. The van der Waals surface area contributed by atoms with Crippen LogP contribution in [0.15, 0.2) is 24.3 Å². The molecule has 2 heterocycles. The molecule has 0 spiro atoms. The van der Waals surface area contributed by atoms with Crippen molar-refractivity contribution in [3.8, 4) is 11.4 Å². The first-order valence-electron chi connectivity index (χ1n) is 6.48. The molecule has 2 aromatic rings. The van der Waals surface area contributed by atoms with Crippen molar-refractivity contribution in [1.29, 1.82) is 0 Å². The molecular formula is C13H17N5O2. The van der Waals surface area contributed by atoms with Gasteiger partial charge in [-0.1, -0.05) is 12.1 Å². The van der Waals surface area contributed by atoms with Crippen LogP contribution in [0, 0.1) is 0 Å². The Bertz CT molecular complexity index is 592. The van der Waals surface area contributed by atoms with Gasteiger partial charge in [-0.3, -0.25) is 0 Å². The minimum atomic E-state index is -0.367. The van der Waals surface area contributed by atoms with Crippen molar-refractivity contribution in [3.63, 3.8) is 0 Å². The summed E-state index contributed by atoms with van der Waals surface area (Å²) in [4.78, 5) is 0. The highest BCUT2D eigenvalue weighted by Gasteiger charge is 2.36. The highest BCUT2D eigenvalue weighted by atomic mass is 16.5. The Labute approximate surface area is 116 Å². The van der Waals surface area contributed by atoms with Crippen molar-refractivity contribution >= 4 is 5.69 Å². The Morgan fingerprint density at radius 2 is 2.30 bits per heavy atom. The maximum absolute atomic E-state index is 5.99. The van der Waals surface area contributed by atoms with Crippen LogP contribution >= 0.6 is 0 Å². The fourth-order valence-electron chi connectivity index (χ4n) is 2.42. The van der Waals surface area contributed by atoms with Gasteiger partial charge in [0, 0.05) is 31.4 Å². The number of methoxy groups -OCH3 is 1. The van der Waals surface area contributed by atoms with E-state index in [-0.39, 0.29) is 5.60 Å². The third-order valence-electron chi connectivity index (χ3n) is 3.67. The van der Waals surface area contributed by atoms with Gasteiger partial charge in [-0.15, -0.1) is 5.10 Å². The van der Waals surface area contributed by atoms with Crippen LogP contribution in [0.4, 0.5) is 5.69 Å². The molecule has 20 heavy (non-hydrogen) atoms. The molecule has 1 aromatic carbocycles. The van der Waals surface area contributed by atoms with Crippen molar-refractivity contribution in [3.05, 3.63) is 24.3 Å². The summed E-state index contributed by atoms with van der Waals surface area (Å²) < 4.78 is 12.8. The molecule has 3 rings (SSSR count). The molecule has 2 N–H and O–H groups in total. The number of hydrogen-bond donors (Lipinski definition) is 1. The average molecular weight is 275 g/mol. The number of rotatable bonds is 4. The summed E-state index contributed by atoms with van der Waals surface area (Å²) in [6.07, 6.45) is 0.826. The predicted octanol–water partition coefficient (Wildman–Crippen LogP) is 0.728. The number of aromatic nitrogens is 4. The first kappa shape index (κ1) is 13.0. The highest BCUT2D eigenvalue weighted by Crippen LogP contribution is 2.28. The average Bonchev–Trinajstić information content (AvgIpc) is 3.10. The second-order valence-corrected chi connectivity index (χ2v) is 4.94. The zero-order chi connectivity index (χ0) is 14.0. The van der Waals surface area contributed by atoms with Gasteiger partial charge in [0.1, 0.15) is 5.60 Å². The zero-order valence-electron chi connectivity index (χ0n) is 11.3. The number of anilines is 1. The van der Waals surface area contributed by atoms with Crippen molar-refractivity contribution in [2.45, 2.75) is 18.6 Å². The van der Waals surface area contributed by atoms with E-state index in [9.17, 15) is 0 Å². The predicted molar refractivity (Wildman–Crippen MR) is 72.8 cm³/mol. The summed E-state index contributed by atoms with van der Waals surface area (Å²) in [5, 5.41) is 11.9. The Morgan fingerprint density at radius 3 is 3.00 bits per heavy atom. The third-order valence-corrected chi connectivity index (χ3v) is 3.67. The third kappa shape index (κ3) is 2.25. The van der Waals surface area contributed by atoms with Gasteiger partial charge in [-0.25, -0.2) is 4.68 Å². The van der Waals surface area contributed by atoms with E-state index in [4.69, 9.17) is 15.2 Å². The number of ether oxygens (including phenoxy) is 2. The van der Waals surface area contributed by atoms with Crippen LogP contribution in [0.3, 0.4) is 0 Å². The van der Waals surface area contributed by atoms with Gasteiger partial charge in [0.15, 0.2) is 5.82 Å². The van der Waals surface area contributed by atoms with E-state index in [0.717, 1.165) is 12.0 Å². The molecule has 1 unspecified atom stereocenters. The molecule has 1 saturated heterocycles. The quantitative estimate of drug-likeness (QED) is 0.827. The molecule has 0 radical (unpaired) electrons. The number of nitrogens with two attached hydrogens (primary N) is 1. The minimum absolute atomic E-state index is 0.367. The van der Waals surface area contributed by atoms with Gasteiger partial charge in [0.2, 0.25) is 0 Å². The second kappa shape index (κ2) is 5.18. The lowest BCUT2D eigenvalue weighted by Crippen LogP contribution is -2.37. The Morgan fingerprint density at radius 1 is 1.45 bits per heavy atom. The van der Waals surface area contributed by atoms with Gasteiger partial charge in [0.25, 0.3) is 0 Å². The van der Waals surface area contributed by atoms with E-state index < -0.39 is 0 Å². The van der Waals surface area contributed by atoms with E-state index in [0.29, 0.717) is 31.3 Å². The summed E-state index contributed by atoms with van der Waals surface area (Å²) in [5.74, 6) is 0.645. The molecule has 0 aliphatic carbocycles. The summed E-state index contributed by atoms with van der Waals surface area (Å²) in [7, 11) is 1.69. The van der Waals surface area contributed by atoms with Gasteiger partial charge in [-0.05, 0) is 22.6 Å². The molecule has 7 nitrogen and oxygen atoms in total. The van der Waals surface area contributed by atoms with E-state index in [1.807, 2.05) is 24.3 Å². The molecule has 1 aromatic heterocycles. The monoisotopic (exact) mass is 275 g/mol. The molecule has 0 amide bonds. The first-order chi connectivity index (χ1) is 9.74. The number of tetrazole rings is 1. The molecule has 106 valence electrons. The summed E-state index contributed by atoms with van der Waals surface area (Å²) in [5.41, 5.74) is 7.09. The topological polar surface area (TPSA) is 88.1 Å². The molecular weight excluding hydrogens is 258 g/mol. The van der Waals surface area contributed by atoms with Gasteiger partial charge in [0.05, 0.1) is 13.2 Å². The Kier molecular flexibility index (Phi) is 3.37. The van der Waals surface area contributed by atoms with E-state index >= 15 is 0 Å². The summed E-state index contributed by atoms with van der Waals surface area (Å²) in [6, 6.07) is 7.53. The van der Waals surface area contributed by atoms with Crippen LogP contribution in [-0.2, 0) is 16.0 Å². The van der Waals surface area contributed by atoms with E-state index in [1.54, 1.807) is 11.8 Å². The Hall–Kier alpha value is -1.99. The van der Waals surface area contributed by atoms with Crippen LogP contribution in [0.2, 0.25) is 0 Å². The lowest BCUT2D eigenvalue weighted by atomic mass is 10.0. The smallest absolute Gasteiger partial charge is 0.184 e. The number of hydrogen-bond acceptors (Lipinski definition) is 6. The molecule has 0 saturated carbocycles. The summed E-state index contributed by atoms with van der Waals surface area (Å²) >= 11 is 0. The molecule has 1 aliphatic rings. The number of benzene rings is 1. The Balaban J connectivity index is 1.93. The first-order valence-corrected chi connectivity index (χ1v) is 6.48. The number of nitrogens with zero attached hydrogens (tertiary/aromatic N) is 4. The van der Waals surface area contributed by atoms with Crippen LogP contribution in [-0.4, -0.2) is 46.1 Å². The lowest BCUT2D eigenvalue weighted by molar-refractivity contribution is -0.0317. The normalized spacial score (nSPS) is 22.2. The minimum Gasteiger partial charge on any atom is -0.398 e. The van der Waals surface area contributed by atoms with Crippen LogP contribution in [0.5, 0.6) is 0 Å². The van der Waals surface area contributed by atoms with Crippen molar-refractivity contribution in [1.82, 2.24) is 20.2 Å². The largest absolute Gasteiger partial charge is 0.398 e. The maximum Gasteiger partial charge on any atom is 0.184 e. The van der Waals surface area contributed by atoms with Crippen LogP contribution < -0.4 is 5.73 Å². The van der Waals surface area contributed by atoms with Crippen molar-refractivity contribution in [2.75, 3.05) is 26.1 Å². The SMILES string of the molecule is COC1(Cn2nnnc2-c2ccccc2N)CCOC1. The number of para-hydroxylation sites is 1. The van der Waals surface area contributed by atoms with Crippen molar-refractivity contribution in [2.24, 2.45) is 0 Å². The molecule has 1 fully saturated rings. The van der Waals surface area contributed by atoms with Crippen LogP contribution in [0.1, 0.15) is 6.42 Å². The van der Waals surface area contributed by atoms with Gasteiger partial charge < -0.3 is 15.2 Å². The standard InChI is InChI=1S/C13H17N5O2/c1-19-13(6-7-20-9-13)8-18-12(15-16-17-18)10-4-2-3-5-11(10)14/h2-5H,6-9,14H2,1H3. The fraction of sp³-hybridized carbons (Fsp3) is 0.462. The molecule has 1 atom stereocenters. The molecule has 7 heteroatoms. The zero-order valence-corrected chi connectivity index (χ0v) is 11.3. The second-order valence-electron chi connectivity index (χ2n) is 4.94. The highest BCUT2D eigenvalue weighted by molar-refractivity contribution is 5.70. The number of nitrogen functional groups attached to an aromatic ring is 1. The maximum atomic E-state index is 5.99. The van der Waals surface area contributed by atoms with Gasteiger partial charge in [-0.2, -0.15) is 0 Å². The lowest BCUT2D eigenvalue weighted by Gasteiger charge is -2.25. The summed E-state index contributed by atoms with van der Waals surface area (Å²) in [6.45, 7) is 1.78. The molecule has 1 aliphatic heterocycles. The van der Waals surface area contributed by atoms with Crippen molar-refractivity contribution < 1.29 is 9.47 Å². The fourth-order valence-corrected chi connectivity index (χ4v) is 2.42. The van der Waals surface area contributed by atoms with E-state index in [2.05, 4.69) is 15.5 Å². The van der Waals surface area contributed by atoms with Crippen LogP contribution in [0.25, 0.3) is 11.4 Å². The van der Waals surface area contributed by atoms with E-state index in [1.165, 1.54) is 0 Å².